The average molecular weight is 107 g/mol. The molecule has 0 nitrogen and oxygen atoms in total. The minimum atomic E-state index is 1.16. The molecule has 3 unspecified atom stereocenters. The summed E-state index contributed by atoms with van der Waals surface area (Å²) >= 11 is 0. The van der Waals surface area contributed by atoms with E-state index in [1.165, 1.54) is 24.7 Å². The first-order chi connectivity index (χ1) is 3.95. The Kier molecular flexibility index (Phi) is 0.482. The molecule has 2 bridgehead atoms. The van der Waals surface area contributed by atoms with E-state index in [1.54, 1.807) is 12.8 Å². The third-order valence-corrected chi connectivity index (χ3v) is 3.33. The second-order valence-corrected chi connectivity index (χ2v) is 3.67. The van der Waals surface area contributed by atoms with Crippen molar-refractivity contribution >= 4 is 0 Å². The second kappa shape index (κ2) is 0.984. The van der Waals surface area contributed by atoms with Gasteiger partial charge in [-0.3, -0.25) is 0 Å². The van der Waals surface area contributed by atoms with E-state index < -0.39 is 0 Å². The largest absolute Gasteiger partial charge is 0.0496 e. The van der Waals surface area contributed by atoms with Gasteiger partial charge < -0.3 is 0 Å². The van der Waals surface area contributed by atoms with Gasteiger partial charge in [-0.25, -0.2) is 0 Å². The maximum atomic E-state index is 1.94. The molecule has 1 radical (unpaired) electrons. The van der Waals surface area contributed by atoms with Crippen LogP contribution in [-0.4, -0.2) is 0 Å². The summed E-state index contributed by atoms with van der Waals surface area (Å²) in [4.78, 5) is 0. The van der Waals surface area contributed by atoms with Crippen molar-refractivity contribution in [1.29, 1.82) is 0 Å². The molecule has 3 aliphatic rings. The predicted octanol–water partition coefficient (Wildman–Crippen LogP) is 2.01. The molecule has 0 aromatic heterocycles. The summed E-state index contributed by atoms with van der Waals surface area (Å²) in [6, 6.07) is 0. The van der Waals surface area contributed by atoms with Crippen LogP contribution in [0.25, 0.3) is 0 Å². The van der Waals surface area contributed by atoms with Gasteiger partial charge in [-0.1, -0.05) is 0 Å². The van der Waals surface area contributed by atoms with Crippen LogP contribution in [0.15, 0.2) is 0 Å². The van der Waals surface area contributed by atoms with Gasteiger partial charge in [0.05, 0.1) is 0 Å². The number of hydrogen-bond donors (Lipinski definition) is 0. The highest BCUT2D eigenvalue weighted by atomic mass is 14.6. The van der Waals surface area contributed by atoms with E-state index in [0.29, 0.717) is 0 Å². The fourth-order valence-corrected chi connectivity index (χ4v) is 2.82. The molecular formula is C8H11. The van der Waals surface area contributed by atoms with Crippen molar-refractivity contribution in [1.82, 2.24) is 0 Å². The number of rotatable bonds is 0. The Morgan fingerprint density at radius 3 is 2.88 bits per heavy atom. The molecule has 0 heterocycles. The van der Waals surface area contributed by atoms with Crippen LogP contribution in [0, 0.1) is 23.7 Å². The fourth-order valence-electron chi connectivity index (χ4n) is 2.82. The Morgan fingerprint density at radius 1 is 1.38 bits per heavy atom. The monoisotopic (exact) mass is 107 g/mol. The lowest BCUT2D eigenvalue weighted by Crippen LogP contribution is -1.94. The summed E-state index contributed by atoms with van der Waals surface area (Å²) in [6.45, 7) is 0. The van der Waals surface area contributed by atoms with Crippen LogP contribution < -0.4 is 0 Å². The van der Waals surface area contributed by atoms with Crippen molar-refractivity contribution in [3.63, 3.8) is 0 Å². The molecule has 0 N–H and O–H groups in total. The summed E-state index contributed by atoms with van der Waals surface area (Å²) < 4.78 is 0. The fraction of sp³-hybridized carbons (Fsp3) is 0.875. The Morgan fingerprint density at radius 2 is 2.38 bits per heavy atom. The van der Waals surface area contributed by atoms with Gasteiger partial charge in [-0.2, -0.15) is 0 Å². The smallest absolute Gasteiger partial charge is 0.0204 e. The topological polar surface area (TPSA) is 0 Å². The quantitative estimate of drug-likeness (QED) is 0.444. The maximum Gasteiger partial charge on any atom is -0.0204 e. The summed E-state index contributed by atoms with van der Waals surface area (Å²) in [5.74, 6) is 5.49. The molecule has 43 valence electrons. The van der Waals surface area contributed by atoms with Gasteiger partial charge in [-0.15, -0.1) is 0 Å². The van der Waals surface area contributed by atoms with Gasteiger partial charge in [0, 0.05) is 0 Å². The van der Waals surface area contributed by atoms with Crippen molar-refractivity contribution < 1.29 is 0 Å². The lowest BCUT2D eigenvalue weighted by Gasteiger charge is -2.04. The first-order valence-corrected chi connectivity index (χ1v) is 3.80. The number of fused-ring (bicyclic) bond motifs is 5. The summed E-state index contributed by atoms with van der Waals surface area (Å²) in [7, 11) is 0. The second-order valence-electron chi connectivity index (χ2n) is 3.67. The van der Waals surface area contributed by atoms with Crippen LogP contribution in [0.2, 0.25) is 0 Å². The minimum Gasteiger partial charge on any atom is -0.0496 e. The SMILES string of the molecule is C1CC2C[C]1C1CC21. The van der Waals surface area contributed by atoms with Gasteiger partial charge in [0.15, 0.2) is 0 Å². The molecule has 0 heteroatoms. The van der Waals surface area contributed by atoms with E-state index >= 15 is 0 Å². The van der Waals surface area contributed by atoms with Crippen molar-refractivity contribution in [3.8, 4) is 0 Å². The molecule has 0 amide bonds. The standard InChI is InChI=1S/C8H11/c1-2-6-3-5(1)7-4-8(6)7/h5,7-8H,1-4H2. The molecule has 0 spiro atoms. The van der Waals surface area contributed by atoms with Crippen LogP contribution in [-0.2, 0) is 0 Å². The van der Waals surface area contributed by atoms with Crippen molar-refractivity contribution in [2.24, 2.45) is 17.8 Å². The Labute approximate surface area is 50.3 Å². The van der Waals surface area contributed by atoms with E-state index in [9.17, 15) is 0 Å². The maximum absolute atomic E-state index is 1.94. The third kappa shape index (κ3) is 0.284. The summed E-state index contributed by atoms with van der Waals surface area (Å²) in [5, 5.41) is 0. The summed E-state index contributed by atoms with van der Waals surface area (Å²) in [6.07, 6.45) is 6.18. The van der Waals surface area contributed by atoms with Gasteiger partial charge in [0.25, 0.3) is 0 Å². The van der Waals surface area contributed by atoms with E-state index in [2.05, 4.69) is 0 Å². The molecule has 0 saturated heterocycles. The third-order valence-electron chi connectivity index (χ3n) is 3.33. The van der Waals surface area contributed by atoms with Crippen molar-refractivity contribution in [3.05, 3.63) is 5.92 Å². The highest BCUT2D eigenvalue weighted by Crippen LogP contribution is 2.66. The zero-order valence-corrected chi connectivity index (χ0v) is 5.06. The van der Waals surface area contributed by atoms with Gasteiger partial charge >= 0.3 is 0 Å². The van der Waals surface area contributed by atoms with Crippen molar-refractivity contribution in [2.45, 2.75) is 25.7 Å². The molecule has 3 fully saturated rings. The highest BCUT2D eigenvalue weighted by molar-refractivity contribution is 5.22. The summed E-state index contributed by atoms with van der Waals surface area (Å²) in [5.41, 5.74) is 0. The van der Waals surface area contributed by atoms with E-state index in [-0.39, 0.29) is 0 Å². The zero-order chi connectivity index (χ0) is 5.14. The Bertz CT molecular complexity index is 114. The van der Waals surface area contributed by atoms with Crippen LogP contribution in [0.1, 0.15) is 25.7 Å². The zero-order valence-electron chi connectivity index (χ0n) is 5.06. The molecule has 3 atom stereocenters. The molecule has 3 rings (SSSR count). The predicted molar refractivity (Wildman–Crippen MR) is 32.2 cm³/mol. The van der Waals surface area contributed by atoms with Crippen molar-refractivity contribution in [2.75, 3.05) is 0 Å². The molecule has 3 saturated carbocycles. The molecule has 0 aromatic rings. The highest BCUT2D eigenvalue weighted by Gasteiger charge is 2.57. The Hall–Kier alpha value is 0. The van der Waals surface area contributed by atoms with E-state index in [4.69, 9.17) is 0 Å². The van der Waals surface area contributed by atoms with Crippen LogP contribution >= 0.6 is 0 Å². The van der Waals surface area contributed by atoms with E-state index in [1.807, 2.05) is 5.92 Å². The lowest BCUT2D eigenvalue weighted by atomic mass is 10.0. The molecule has 0 aliphatic heterocycles. The van der Waals surface area contributed by atoms with Crippen LogP contribution in [0.3, 0.4) is 0 Å². The van der Waals surface area contributed by atoms with Crippen LogP contribution in [0.4, 0.5) is 0 Å². The van der Waals surface area contributed by atoms with Gasteiger partial charge in [0.1, 0.15) is 0 Å². The molecule has 3 aliphatic carbocycles. The first kappa shape index (κ1) is 3.92. The molecular weight excluding hydrogens is 96.1 g/mol. The van der Waals surface area contributed by atoms with Gasteiger partial charge in [0.2, 0.25) is 0 Å². The van der Waals surface area contributed by atoms with Crippen LogP contribution in [0.5, 0.6) is 0 Å². The normalized spacial score (nSPS) is 59.2. The number of hydrogen-bond acceptors (Lipinski definition) is 0. The minimum absolute atomic E-state index is 1.16. The Balaban J connectivity index is 2.02. The van der Waals surface area contributed by atoms with Gasteiger partial charge in [-0.05, 0) is 49.4 Å². The van der Waals surface area contributed by atoms with E-state index in [0.717, 1.165) is 5.92 Å². The molecule has 8 heavy (non-hydrogen) atoms. The lowest BCUT2D eigenvalue weighted by molar-refractivity contribution is 0.486. The average Bonchev–Trinajstić information content (AvgIpc) is 2.39. The molecule has 0 aromatic carbocycles. The first-order valence-electron chi connectivity index (χ1n) is 3.80.